The average molecular weight is 577 g/mol. The van der Waals surface area contributed by atoms with E-state index in [9.17, 15) is 0 Å². The van der Waals surface area contributed by atoms with Gasteiger partial charge < -0.3 is 4.90 Å². The molecule has 1 aliphatic heterocycles. The van der Waals surface area contributed by atoms with Gasteiger partial charge in [-0.2, -0.15) is 0 Å². The minimum atomic E-state index is 0.125. The summed E-state index contributed by atoms with van der Waals surface area (Å²) in [6, 6.07) is 36.3. The van der Waals surface area contributed by atoms with Gasteiger partial charge in [-0.15, -0.1) is 0 Å². The molecule has 0 saturated heterocycles. The Morgan fingerprint density at radius 1 is 0.523 bits per heavy atom. The van der Waals surface area contributed by atoms with Gasteiger partial charge in [0.15, 0.2) is 0 Å². The van der Waals surface area contributed by atoms with Crippen molar-refractivity contribution >= 4 is 40.2 Å². The molecule has 0 fully saturated rings. The minimum absolute atomic E-state index is 0.125. The van der Waals surface area contributed by atoms with Gasteiger partial charge in [0.2, 0.25) is 6.71 Å². The monoisotopic (exact) mass is 576 g/mol. The van der Waals surface area contributed by atoms with Crippen molar-refractivity contribution in [2.45, 2.75) is 79.1 Å². The van der Waals surface area contributed by atoms with Crippen molar-refractivity contribution in [3.05, 3.63) is 126 Å². The summed E-state index contributed by atoms with van der Waals surface area (Å²) < 4.78 is 0. The Kier molecular flexibility index (Phi) is 8.25. The Hall–Kier alpha value is -4.11. The molecule has 3 heteroatoms. The standard InChI is InChI=1S/C41H45BN2/c1-26(2)31-15-13-16-32(27(3)4)40(31)42-35-19-9-10-21-38(35)44(41-33(28(5)6)17-14-18-34(41)29(7)8)39-25-30(22-23-36(39)42)37-20-11-12-24-43-37/h9-29H,1-8H3. The molecule has 1 aromatic heterocycles. The van der Waals surface area contributed by atoms with Crippen molar-refractivity contribution in [2.75, 3.05) is 4.90 Å². The van der Waals surface area contributed by atoms with Crippen LogP contribution in [0.15, 0.2) is 103 Å². The molecule has 4 aromatic carbocycles. The maximum absolute atomic E-state index is 4.76. The van der Waals surface area contributed by atoms with Crippen LogP contribution in [0.25, 0.3) is 11.3 Å². The summed E-state index contributed by atoms with van der Waals surface area (Å²) in [5.41, 5.74) is 15.8. The van der Waals surface area contributed by atoms with Crippen LogP contribution >= 0.6 is 0 Å². The van der Waals surface area contributed by atoms with Crippen LogP contribution in [-0.2, 0) is 0 Å². The molecule has 0 radical (unpaired) electrons. The molecule has 1 aliphatic rings. The van der Waals surface area contributed by atoms with Crippen LogP contribution < -0.4 is 21.3 Å². The number of benzene rings is 4. The number of nitrogens with zero attached hydrogens (tertiary/aromatic N) is 2. The summed E-state index contributed by atoms with van der Waals surface area (Å²) >= 11 is 0. The lowest BCUT2D eigenvalue weighted by Crippen LogP contribution is -2.59. The molecule has 44 heavy (non-hydrogen) atoms. The first-order chi connectivity index (χ1) is 21.2. The Morgan fingerprint density at radius 2 is 1.07 bits per heavy atom. The largest absolute Gasteiger partial charge is 0.311 e. The predicted molar refractivity (Wildman–Crippen MR) is 192 cm³/mol. The third-order valence-electron chi connectivity index (χ3n) is 9.30. The average Bonchev–Trinajstić information content (AvgIpc) is 3.03. The fourth-order valence-electron chi connectivity index (χ4n) is 7.17. The van der Waals surface area contributed by atoms with Gasteiger partial charge in [-0.25, -0.2) is 0 Å². The quantitative estimate of drug-likeness (QED) is 0.176. The molecule has 6 rings (SSSR count). The number of aromatic nitrogens is 1. The number of pyridine rings is 1. The van der Waals surface area contributed by atoms with Crippen LogP contribution in [0.3, 0.4) is 0 Å². The lowest BCUT2D eigenvalue weighted by Gasteiger charge is -2.41. The summed E-state index contributed by atoms with van der Waals surface area (Å²) in [6.07, 6.45) is 1.89. The number of fused-ring (bicyclic) bond motifs is 2. The number of rotatable bonds is 7. The number of anilines is 3. The molecule has 0 spiro atoms. The lowest BCUT2D eigenvalue weighted by atomic mass is 9.33. The van der Waals surface area contributed by atoms with Gasteiger partial charge in [-0.05, 0) is 81.1 Å². The zero-order valence-electron chi connectivity index (χ0n) is 27.6. The van der Waals surface area contributed by atoms with Crippen molar-refractivity contribution in [1.82, 2.24) is 4.98 Å². The molecule has 222 valence electrons. The summed E-state index contributed by atoms with van der Waals surface area (Å²) in [5, 5.41) is 0. The summed E-state index contributed by atoms with van der Waals surface area (Å²) in [6.45, 7) is 18.7. The zero-order valence-corrected chi connectivity index (χ0v) is 27.6. The van der Waals surface area contributed by atoms with Crippen LogP contribution in [0.1, 0.15) is 101 Å². The van der Waals surface area contributed by atoms with Crippen LogP contribution in [0.4, 0.5) is 17.1 Å². The first-order valence-corrected chi connectivity index (χ1v) is 16.4. The Bertz CT molecular complexity index is 1730. The fourth-order valence-corrected chi connectivity index (χ4v) is 7.17. The second-order valence-electron chi connectivity index (χ2n) is 13.6. The third kappa shape index (κ3) is 5.17. The Balaban J connectivity index is 1.75. The van der Waals surface area contributed by atoms with Crippen LogP contribution in [0, 0.1) is 0 Å². The highest BCUT2D eigenvalue weighted by molar-refractivity contribution is 6.98. The van der Waals surface area contributed by atoms with E-state index in [1.165, 1.54) is 55.7 Å². The summed E-state index contributed by atoms with van der Waals surface area (Å²) in [7, 11) is 0. The van der Waals surface area contributed by atoms with Crippen molar-refractivity contribution in [3.8, 4) is 11.3 Å². The molecular formula is C41H45BN2. The fraction of sp³-hybridized carbons (Fsp3) is 0.293. The molecule has 0 N–H and O–H groups in total. The summed E-state index contributed by atoms with van der Waals surface area (Å²) in [4.78, 5) is 7.35. The number of para-hydroxylation sites is 2. The third-order valence-corrected chi connectivity index (χ3v) is 9.30. The molecular weight excluding hydrogens is 531 g/mol. The van der Waals surface area contributed by atoms with Gasteiger partial charge in [0.25, 0.3) is 0 Å². The van der Waals surface area contributed by atoms with Gasteiger partial charge in [-0.1, -0.05) is 134 Å². The van der Waals surface area contributed by atoms with E-state index in [1.54, 1.807) is 0 Å². The first kappa shape index (κ1) is 29.9. The minimum Gasteiger partial charge on any atom is -0.311 e. The normalized spacial score (nSPS) is 12.8. The molecule has 0 saturated carbocycles. The predicted octanol–water partition coefficient (Wildman–Crippen LogP) is 9.54. The van der Waals surface area contributed by atoms with Gasteiger partial charge in [0, 0.05) is 23.1 Å². The van der Waals surface area contributed by atoms with Crippen molar-refractivity contribution in [3.63, 3.8) is 0 Å². The van der Waals surface area contributed by atoms with E-state index < -0.39 is 0 Å². The molecule has 0 amide bonds. The van der Waals surface area contributed by atoms with Crippen LogP contribution in [-0.4, -0.2) is 11.7 Å². The van der Waals surface area contributed by atoms with Gasteiger partial charge >= 0.3 is 0 Å². The SMILES string of the molecule is CC(C)c1cccc(C(C)C)c1B1c2ccccc2N(c2c(C(C)C)cccc2C(C)C)c2cc(-c3ccccn3)ccc21. The van der Waals surface area contributed by atoms with E-state index in [2.05, 4.69) is 151 Å². The van der Waals surface area contributed by atoms with Gasteiger partial charge in [-0.3, -0.25) is 4.98 Å². The van der Waals surface area contributed by atoms with Gasteiger partial charge in [0.1, 0.15) is 0 Å². The first-order valence-electron chi connectivity index (χ1n) is 16.4. The van der Waals surface area contributed by atoms with E-state index in [4.69, 9.17) is 4.98 Å². The maximum atomic E-state index is 4.76. The molecule has 0 atom stereocenters. The van der Waals surface area contributed by atoms with Crippen molar-refractivity contribution in [2.24, 2.45) is 0 Å². The molecule has 2 heterocycles. The number of hydrogen-bond acceptors (Lipinski definition) is 2. The van der Waals surface area contributed by atoms with E-state index in [0.29, 0.717) is 23.7 Å². The van der Waals surface area contributed by atoms with Crippen molar-refractivity contribution in [1.29, 1.82) is 0 Å². The Morgan fingerprint density at radius 3 is 1.64 bits per heavy atom. The van der Waals surface area contributed by atoms with E-state index in [1.807, 2.05) is 12.3 Å². The molecule has 0 bridgehead atoms. The lowest BCUT2D eigenvalue weighted by molar-refractivity contribution is 0.831. The number of hydrogen-bond donors (Lipinski definition) is 0. The highest BCUT2D eigenvalue weighted by Crippen LogP contribution is 2.45. The van der Waals surface area contributed by atoms with Gasteiger partial charge in [0.05, 0.1) is 11.4 Å². The van der Waals surface area contributed by atoms with Crippen LogP contribution in [0.2, 0.25) is 0 Å². The highest BCUT2D eigenvalue weighted by atomic mass is 15.2. The molecule has 0 unspecified atom stereocenters. The topological polar surface area (TPSA) is 16.1 Å². The molecule has 2 nitrogen and oxygen atoms in total. The highest BCUT2D eigenvalue weighted by Gasteiger charge is 2.39. The Labute approximate surface area is 265 Å². The van der Waals surface area contributed by atoms with Crippen molar-refractivity contribution < 1.29 is 0 Å². The smallest absolute Gasteiger partial charge is 0.247 e. The van der Waals surface area contributed by atoms with E-state index >= 15 is 0 Å². The second kappa shape index (κ2) is 12.1. The molecule has 5 aromatic rings. The summed E-state index contributed by atoms with van der Waals surface area (Å²) in [5.74, 6) is 1.59. The van der Waals surface area contributed by atoms with E-state index in [-0.39, 0.29) is 6.71 Å². The maximum Gasteiger partial charge on any atom is 0.247 e. The second-order valence-corrected chi connectivity index (χ2v) is 13.6. The van der Waals surface area contributed by atoms with E-state index in [0.717, 1.165) is 11.3 Å². The zero-order chi connectivity index (χ0) is 31.1. The van der Waals surface area contributed by atoms with Crippen LogP contribution in [0.5, 0.6) is 0 Å². The molecule has 0 aliphatic carbocycles.